The van der Waals surface area contributed by atoms with E-state index >= 15 is 0 Å². The van der Waals surface area contributed by atoms with Crippen LogP contribution in [-0.4, -0.2) is 50.8 Å². The summed E-state index contributed by atoms with van der Waals surface area (Å²) in [6.45, 7) is 11.5. The average Bonchev–Trinajstić information content (AvgIpc) is 3.33. The molecule has 2 aliphatic heterocycles. The van der Waals surface area contributed by atoms with E-state index in [1.165, 1.54) is 18.4 Å². The van der Waals surface area contributed by atoms with E-state index in [2.05, 4.69) is 39.6 Å². The van der Waals surface area contributed by atoms with Gasteiger partial charge >= 0.3 is 0 Å². The van der Waals surface area contributed by atoms with Gasteiger partial charge < -0.3 is 4.90 Å². The largest absolute Gasteiger partial charge is 0.342 e. The molecule has 150 valence electrons. The second-order valence-electron chi connectivity index (χ2n) is 8.01. The number of piperidine rings is 1. The molecular formula is C21H30N6O. The van der Waals surface area contributed by atoms with Gasteiger partial charge in [0, 0.05) is 49.9 Å². The Morgan fingerprint density at radius 2 is 2.11 bits per heavy atom. The summed E-state index contributed by atoms with van der Waals surface area (Å²) in [5.41, 5.74) is 3.24. The van der Waals surface area contributed by atoms with E-state index < -0.39 is 0 Å². The second kappa shape index (κ2) is 8.31. The first-order chi connectivity index (χ1) is 13.6. The summed E-state index contributed by atoms with van der Waals surface area (Å²) in [6, 6.07) is 1.70. The van der Waals surface area contributed by atoms with Crippen LogP contribution >= 0.6 is 0 Å². The van der Waals surface area contributed by atoms with E-state index in [0.29, 0.717) is 5.92 Å². The van der Waals surface area contributed by atoms with Crippen molar-refractivity contribution in [3.63, 3.8) is 0 Å². The van der Waals surface area contributed by atoms with Crippen LogP contribution in [0.3, 0.4) is 0 Å². The molecule has 1 atom stereocenters. The minimum absolute atomic E-state index is 0.0365. The molecule has 0 aliphatic carbocycles. The molecule has 1 unspecified atom stereocenters. The standard InChI is InChI=1S/C21H30N6O/c1-3-8-27-15-18(16(2)24-27)14-25-9-6-7-17(13-25)19-12-20(28)23-21(22-19)26-10-4-5-11-26/h3,12,15,17H,1,4-11,13-14H2,2H3,(H,22,23,28). The zero-order valence-electron chi connectivity index (χ0n) is 16.7. The zero-order chi connectivity index (χ0) is 19.5. The third-order valence-corrected chi connectivity index (χ3v) is 5.84. The van der Waals surface area contributed by atoms with E-state index in [4.69, 9.17) is 4.98 Å². The molecule has 2 fully saturated rings. The Morgan fingerprint density at radius 3 is 2.89 bits per heavy atom. The van der Waals surface area contributed by atoms with Gasteiger partial charge in [-0.25, -0.2) is 4.98 Å². The minimum atomic E-state index is -0.0365. The SMILES string of the molecule is C=CCn1cc(CN2CCCC(c3cc(=O)[nH]c(N4CCCC4)n3)C2)c(C)n1. The number of likely N-dealkylation sites (tertiary alicyclic amines) is 1. The highest BCUT2D eigenvalue weighted by Crippen LogP contribution is 2.27. The van der Waals surface area contributed by atoms with E-state index in [1.54, 1.807) is 6.07 Å². The highest BCUT2D eigenvalue weighted by molar-refractivity contribution is 5.32. The van der Waals surface area contributed by atoms with Crippen molar-refractivity contribution >= 4 is 5.95 Å². The average molecular weight is 383 g/mol. The molecule has 7 heteroatoms. The number of anilines is 1. The van der Waals surface area contributed by atoms with Crippen molar-refractivity contribution in [1.29, 1.82) is 0 Å². The third kappa shape index (κ3) is 4.19. The summed E-state index contributed by atoms with van der Waals surface area (Å²) < 4.78 is 1.94. The van der Waals surface area contributed by atoms with Gasteiger partial charge in [-0.05, 0) is 39.2 Å². The molecule has 2 aromatic heterocycles. The maximum atomic E-state index is 12.2. The summed E-state index contributed by atoms with van der Waals surface area (Å²) >= 11 is 0. The Balaban J connectivity index is 1.48. The van der Waals surface area contributed by atoms with Crippen LogP contribution in [0, 0.1) is 6.92 Å². The highest BCUT2D eigenvalue weighted by atomic mass is 16.1. The number of nitrogens with one attached hydrogen (secondary N) is 1. The number of hydrogen-bond donors (Lipinski definition) is 1. The van der Waals surface area contributed by atoms with Gasteiger partial charge in [-0.2, -0.15) is 5.10 Å². The first-order valence-corrected chi connectivity index (χ1v) is 10.3. The van der Waals surface area contributed by atoms with Crippen LogP contribution < -0.4 is 10.5 Å². The van der Waals surface area contributed by atoms with Gasteiger partial charge in [-0.15, -0.1) is 6.58 Å². The summed E-state index contributed by atoms with van der Waals surface area (Å²) in [4.78, 5) is 24.7. The normalized spacial score (nSPS) is 20.6. The number of aromatic amines is 1. The lowest BCUT2D eigenvalue weighted by atomic mass is 9.94. The quantitative estimate of drug-likeness (QED) is 0.777. The molecule has 0 radical (unpaired) electrons. The number of rotatable bonds is 6. The Kier molecular flexibility index (Phi) is 5.62. The highest BCUT2D eigenvalue weighted by Gasteiger charge is 2.25. The molecule has 2 aromatic rings. The second-order valence-corrected chi connectivity index (χ2v) is 8.01. The van der Waals surface area contributed by atoms with E-state index in [9.17, 15) is 4.79 Å². The summed E-state index contributed by atoms with van der Waals surface area (Å²) in [5, 5.41) is 4.57. The molecule has 0 bridgehead atoms. The third-order valence-electron chi connectivity index (χ3n) is 5.84. The number of aromatic nitrogens is 4. The van der Waals surface area contributed by atoms with E-state index in [-0.39, 0.29) is 5.56 Å². The molecular weight excluding hydrogens is 352 g/mol. The molecule has 0 aromatic carbocycles. The predicted octanol–water partition coefficient (Wildman–Crippen LogP) is 2.44. The number of hydrogen-bond acceptors (Lipinski definition) is 5. The van der Waals surface area contributed by atoms with Crippen LogP contribution in [0.25, 0.3) is 0 Å². The molecule has 0 saturated carbocycles. The Bertz CT molecular complexity index is 879. The van der Waals surface area contributed by atoms with Crippen molar-refractivity contribution in [3.05, 3.63) is 52.2 Å². The van der Waals surface area contributed by atoms with Crippen LogP contribution in [-0.2, 0) is 13.1 Å². The lowest BCUT2D eigenvalue weighted by Gasteiger charge is -2.32. The molecule has 28 heavy (non-hydrogen) atoms. The van der Waals surface area contributed by atoms with Crippen LogP contribution in [0.15, 0.2) is 29.7 Å². The van der Waals surface area contributed by atoms with Gasteiger partial charge in [0.05, 0.1) is 17.9 Å². The van der Waals surface area contributed by atoms with Crippen LogP contribution in [0.4, 0.5) is 5.95 Å². The number of aryl methyl sites for hydroxylation is 1. The summed E-state index contributed by atoms with van der Waals surface area (Å²) in [5.74, 6) is 1.06. The monoisotopic (exact) mass is 382 g/mol. The van der Waals surface area contributed by atoms with Crippen molar-refractivity contribution in [2.24, 2.45) is 0 Å². The van der Waals surface area contributed by atoms with Crippen molar-refractivity contribution in [3.8, 4) is 0 Å². The fourth-order valence-electron chi connectivity index (χ4n) is 4.37. The molecule has 7 nitrogen and oxygen atoms in total. The molecule has 2 aliphatic rings. The maximum absolute atomic E-state index is 12.2. The Hall–Kier alpha value is -2.41. The van der Waals surface area contributed by atoms with Crippen molar-refractivity contribution in [2.75, 3.05) is 31.1 Å². The predicted molar refractivity (Wildman–Crippen MR) is 111 cm³/mol. The summed E-state index contributed by atoms with van der Waals surface area (Å²) in [6.07, 6.45) is 8.54. The molecule has 0 amide bonds. The van der Waals surface area contributed by atoms with Gasteiger partial charge in [0.15, 0.2) is 0 Å². The lowest BCUT2D eigenvalue weighted by molar-refractivity contribution is 0.198. The number of nitrogens with zero attached hydrogens (tertiary/aromatic N) is 5. The van der Waals surface area contributed by atoms with Crippen LogP contribution in [0.5, 0.6) is 0 Å². The number of allylic oxidation sites excluding steroid dienone is 1. The van der Waals surface area contributed by atoms with E-state index in [0.717, 1.165) is 69.4 Å². The Morgan fingerprint density at radius 1 is 1.29 bits per heavy atom. The van der Waals surface area contributed by atoms with Crippen molar-refractivity contribution in [1.82, 2.24) is 24.6 Å². The van der Waals surface area contributed by atoms with Crippen LogP contribution in [0.1, 0.15) is 48.6 Å². The summed E-state index contributed by atoms with van der Waals surface area (Å²) in [7, 11) is 0. The van der Waals surface area contributed by atoms with Gasteiger partial charge in [0.1, 0.15) is 0 Å². The lowest BCUT2D eigenvalue weighted by Crippen LogP contribution is -2.35. The zero-order valence-corrected chi connectivity index (χ0v) is 16.7. The Labute approximate surface area is 166 Å². The van der Waals surface area contributed by atoms with Gasteiger partial charge in [0.2, 0.25) is 5.95 Å². The molecule has 4 heterocycles. The smallest absolute Gasteiger partial charge is 0.252 e. The van der Waals surface area contributed by atoms with Gasteiger partial charge in [-0.3, -0.25) is 19.4 Å². The van der Waals surface area contributed by atoms with E-state index in [1.807, 2.05) is 10.8 Å². The first-order valence-electron chi connectivity index (χ1n) is 10.3. The van der Waals surface area contributed by atoms with Gasteiger partial charge in [-0.1, -0.05) is 6.08 Å². The van der Waals surface area contributed by atoms with Gasteiger partial charge in [0.25, 0.3) is 5.56 Å². The first kappa shape index (κ1) is 18.9. The molecule has 4 rings (SSSR count). The molecule has 1 N–H and O–H groups in total. The fourth-order valence-corrected chi connectivity index (χ4v) is 4.37. The minimum Gasteiger partial charge on any atom is -0.342 e. The number of H-pyrrole nitrogens is 1. The van der Waals surface area contributed by atoms with Crippen molar-refractivity contribution in [2.45, 2.75) is 51.6 Å². The molecule has 0 spiro atoms. The topological polar surface area (TPSA) is 70.1 Å². The fraction of sp³-hybridized carbons (Fsp3) is 0.571. The maximum Gasteiger partial charge on any atom is 0.252 e. The van der Waals surface area contributed by atoms with Crippen LogP contribution in [0.2, 0.25) is 0 Å². The molecule has 2 saturated heterocycles. The van der Waals surface area contributed by atoms with Crippen molar-refractivity contribution < 1.29 is 0 Å².